The highest BCUT2D eigenvalue weighted by molar-refractivity contribution is 5.77. The zero-order valence-electron chi connectivity index (χ0n) is 16.1. The molecular weight excluding hydrogens is 402 g/mol. The molecule has 0 aromatic heterocycles. The average molecular weight is 423 g/mol. The van der Waals surface area contributed by atoms with Crippen LogP contribution in [-0.2, 0) is 9.53 Å². The maximum Gasteiger partial charge on any atom is 0.307 e. The summed E-state index contributed by atoms with van der Waals surface area (Å²) >= 11 is 0. The summed E-state index contributed by atoms with van der Waals surface area (Å²) in [6.07, 6.45) is 2.50. The molecule has 1 unspecified atom stereocenters. The zero-order valence-corrected chi connectivity index (χ0v) is 16.1. The molecule has 8 heteroatoms. The summed E-state index contributed by atoms with van der Waals surface area (Å²) in [6, 6.07) is 5.73. The van der Waals surface area contributed by atoms with Crippen molar-refractivity contribution in [2.24, 2.45) is 5.92 Å². The van der Waals surface area contributed by atoms with E-state index in [1.807, 2.05) is 4.90 Å². The van der Waals surface area contributed by atoms with E-state index in [1.165, 1.54) is 0 Å². The molecule has 1 aliphatic heterocycles. The summed E-state index contributed by atoms with van der Waals surface area (Å²) in [4.78, 5) is 13.1. The molecule has 1 aliphatic rings. The van der Waals surface area contributed by atoms with Gasteiger partial charge < -0.3 is 9.84 Å². The van der Waals surface area contributed by atoms with Crippen LogP contribution >= 0.6 is 0 Å². The zero-order chi connectivity index (χ0) is 21.7. The molecule has 1 heterocycles. The fourth-order valence-electron chi connectivity index (χ4n) is 3.40. The summed E-state index contributed by atoms with van der Waals surface area (Å²) in [6.45, 7) is 1.51. The number of ether oxygens (including phenoxy) is 1. The molecule has 0 bridgehead atoms. The number of benzene rings is 2. The van der Waals surface area contributed by atoms with Crippen LogP contribution in [0.2, 0.25) is 0 Å². The molecule has 4 nitrogen and oxygen atoms in total. The largest absolute Gasteiger partial charge is 0.491 e. The number of carbonyl (C=O) groups is 1. The molecule has 0 saturated carbocycles. The van der Waals surface area contributed by atoms with E-state index in [0.717, 1.165) is 42.8 Å². The lowest BCUT2D eigenvalue weighted by Gasteiger charge is -2.30. The lowest BCUT2D eigenvalue weighted by atomic mass is 9.98. The van der Waals surface area contributed by atoms with Gasteiger partial charge in [-0.2, -0.15) is 0 Å². The Bertz CT molecular complexity index is 948. The average Bonchev–Trinajstić information content (AvgIpc) is 2.70. The summed E-state index contributed by atoms with van der Waals surface area (Å²) in [5.74, 6) is -4.46. The molecule has 0 aliphatic carbocycles. The van der Waals surface area contributed by atoms with E-state index in [0.29, 0.717) is 32.1 Å². The Balaban J connectivity index is 1.79. The molecule has 30 heavy (non-hydrogen) atoms. The molecule has 2 aromatic carbocycles. The number of likely N-dealkylation sites (tertiary alicyclic amines) is 1. The van der Waals surface area contributed by atoms with E-state index in [1.54, 1.807) is 0 Å². The molecular formula is C22H21F4NO3. The maximum atomic E-state index is 14.3. The first kappa shape index (κ1) is 21.8. The molecule has 1 atom stereocenters. The second kappa shape index (κ2) is 9.75. The first-order valence-electron chi connectivity index (χ1n) is 9.53. The van der Waals surface area contributed by atoms with Gasteiger partial charge in [0.1, 0.15) is 35.6 Å². The Kier molecular flexibility index (Phi) is 7.10. The number of hydrogen-bond donors (Lipinski definition) is 1. The van der Waals surface area contributed by atoms with Gasteiger partial charge in [0.2, 0.25) is 0 Å². The number of hydrogen-bond acceptors (Lipinski definition) is 3. The number of carboxylic acids is 1. The van der Waals surface area contributed by atoms with Crippen LogP contribution < -0.4 is 0 Å². The van der Waals surface area contributed by atoms with Crippen molar-refractivity contribution in [3.05, 3.63) is 70.8 Å². The third-order valence-corrected chi connectivity index (χ3v) is 4.96. The topological polar surface area (TPSA) is 49.8 Å². The van der Waals surface area contributed by atoms with Crippen LogP contribution in [0.4, 0.5) is 17.6 Å². The van der Waals surface area contributed by atoms with E-state index in [-0.39, 0.29) is 23.5 Å². The van der Waals surface area contributed by atoms with Gasteiger partial charge in [-0.3, -0.25) is 9.69 Å². The number of rotatable bonds is 7. The van der Waals surface area contributed by atoms with Crippen molar-refractivity contribution in [3.63, 3.8) is 0 Å². The van der Waals surface area contributed by atoms with Crippen molar-refractivity contribution in [2.45, 2.75) is 12.8 Å². The molecule has 1 N–H and O–H groups in total. The minimum Gasteiger partial charge on any atom is -0.491 e. The van der Waals surface area contributed by atoms with Gasteiger partial charge in [0.15, 0.2) is 0 Å². The summed E-state index contributed by atoms with van der Waals surface area (Å²) in [7, 11) is 0. The van der Waals surface area contributed by atoms with Gasteiger partial charge in [0.25, 0.3) is 0 Å². The number of carboxylic acid groups (broad SMARTS) is 1. The Labute approximate surface area is 171 Å². The van der Waals surface area contributed by atoms with Gasteiger partial charge in [0.05, 0.1) is 11.5 Å². The quantitative estimate of drug-likeness (QED) is 0.403. The number of aliphatic carboxylic acids is 1. The number of halogens is 4. The lowest BCUT2D eigenvalue weighted by Crippen LogP contribution is -2.40. The van der Waals surface area contributed by atoms with Crippen LogP contribution in [0, 0.1) is 29.2 Å². The number of piperidine rings is 1. The van der Waals surface area contributed by atoms with E-state index in [4.69, 9.17) is 4.74 Å². The van der Waals surface area contributed by atoms with Crippen LogP contribution in [0.15, 0.2) is 36.4 Å². The van der Waals surface area contributed by atoms with Crippen molar-refractivity contribution < 1.29 is 32.2 Å². The molecule has 0 spiro atoms. The van der Waals surface area contributed by atoms with E-state index in [9.17, 15) is 27.5 Å². The summed E-state index contributed by atoms with van der Waals surface area (Å²) in [5, 5.41) is 9.18. The van der Waals surface area contributed by atoms with Gasteiger partial charge in [-0.05, 0) is 55.8 Å². The Morgan fingerprint density at radius 2 is 1.83 bits per heavy atom. The first-order chi connectivity index (χ1) is 14.3. The predicted molar refractivity (Wildman–Crippen MR) is 103 cm³/mol. The van der Waals surface area contributed by atoms with Crippen molar-refractivity contribution in [3.8, 4) is 0 Å². The highest BCUT2D eigenvalue weighted by Gasteiger charge is 2.25. The summed E-state index contributed by atoms with van der Waals surface area (Å²) < 4.78 is 60.8. The molecule has 1 fully saturated rings. The Morgan fingerprint density at radius 3 is 2.57 bits per heavy atom. The predicted octanol–water partition coefficient (Wildman–Crippen LogP) is 4.55. The fraction of sp³-hybridized carbons (Fsp3) is 0.318. The van der Waals surface area contributed by atoms with E-state index < -0.39 is 35.2 Å². The highest BCUT2D eigenvalue weighted by atomic mass is 19.1. The van der Waals surface area contributed by atoms with Crippen molar-refractivity contribution in [1.29, 1.82) is 0 Å². The standard InChI is InChI=1S/C22H21F4NO3/c23-16-4-6-19(25)15(10-16)11-21(18-5-3-17(24)12-20(18)26)30-9-8-27-7-1-2-14(13-27)22(28)29/h3-6,10-12,14H,1-2,7-9,13H2,(H,28,29). The third-order valence-electron chi connectivity index (χ3n) is 4.96. The van der Waals surface area contributed by atoms with Crippen LogP contribution in [0.3, 0.4) is 0 Å². The van der Waals surface area contributed by atoms with Crippen LogP contribution in [-0.4, -0.2) is 42.2 Å². The van der Waals surface area contributed by atoms with Gasteiger partial charge in [0, 0.05) is 24.7 Å². The summed E-state index contributed by atoms with van der Waals surface area (Å²) in [5.41, 5.74) is -0.236. The highest BCUT2D eigenvalue weighted by Crippen LogP contribution is 2.25. The van der Waals surface area contributed by atoms with Crippen molar-refractivity contribution >= 4 is 17.8 Å². The molecule has 1 saturated heterocycles. The van der Waals surface area contributed by atoms with Gasteiger partial charge in [-0.1, -0.05) is 0 Å². The van der Waals surface area contributed by atoms with Crippen molar-refractivity contribution in [2.75, 3.05) is 26.2 Å². The van der Waals surface area contributed by atoms with Crippen molar-refractivity contribution in [1.82, 2.24) is 4.90 Å². The van der Waals surface area contributed by atoms with Crippen LogP contribution in [0.5, 0.6) is 0 Å². The monoisotopic (exact) mass is 423 g/mol. The molecule has 3 rings (SSSR count). The van der Waals surface area contributed by atoms with E-state index >= 15 is 0 Å². The second-order valence-corrected chi connectivity index (χ2v) is 7.13. The first-order valence-corrected chi connectivity index (χ1v) is 9.53. The van der Waals surface area contributed by atoms with Gasteiger partial charge >= 0.3 is 5.97 Å². The van der Waals surface area contributed by atoms with Gasteiger partial charge in [-0.25, -0.2) is 17.6 Å². The molecule has 160 valence electrons. The lowest BCUT2D eigenvalue weighted by molar-refractivity contribution is -0.143. The van der Waals surface area contributed by atoms with E-state index in [2.05, 4.69) is 0 Å². The smallest absolute Gasteiger partial charge is 0.307 e. The maximum absolute atomic E-state index is 14.3. The third kappa shape index (κ3) is 5.60. The van der Waals surface area contributed by atoms with Crippen LogP contribution in [0.1, 0.15) is 24.0 Å². The molecule has 2 aromatic rings. The number of nitrogens with zero attached hydrogens (tertiary/aromatic N) is 1. The minimum absolute atomic E-state index is 0.0614. The normalized spacial score (nSPS) is 17.7. The Hall–Kier alpha value is -2.87. The van der Waals surface area contributed by atoms with Gasteiger partial charge in [-0.15, -0.1) is 0 Å². The second-order valence-electron chi connectivity index (χ2n) is 7.13. The minimum atomic E-state index is -0.901. The molecule has 0 amide bonds. The fourth-order valence-corrected chi connectivity index (χ4v) is 3.40. The Morgan fingerprint density at radius 1 is 1.10 bits per heavy atom. The molecule has 0 radical (unpaired) electrons. The SMILES string of the molecule is O=C(O)C1CCCN(CCOC(=Cc2cc(F)ccc2F)c2ccc(F)cc2F)C1. The van der Waals surface area contributed by atoms with Crippen LogP contribution in [0.25, 0.3) is 11.8 Å².